The lowest BCUT2D eigenvalue weighted by Crippen LogP contribution is -2.52. The Morgan fingerprint density at radius 2 is 2.00 bits per heavy atom. The van der Waals surface area contributed by atoms with E-state index in [1.54, 1.807) is 7.11 Å². The SMILES string of the molecule is COc1ccccc1CCC(=O)N1CC[C@]2(CCCN(CC3CCC3)C2=O)C1. The van der Waals surface area contributed by atoms with E-state index in [1.165, 1.54) is 19.3 Å². The van der Waals surface area contributed by atoms with Crippen molar-refractivity contribution in [1.29, 1.82) is 0 Å². The third-order valence-electron chi connectivity index (χ3n) is 7.03. The lowest BCUT2D eigenvalue weighted by atomic mass is 9.77. The number of carbonyl (C=O) groups is 2. The van der Waals surface area contributed by atoms with Crippen molar-refractivity contribution in [1.82, 2.24) is 9.80 Å². The third kappa shape index (κ3) is 3.76. The molecule has 1 aromatic carbocycles. The Hall–Kier alpha value is -2.04. The van der Waals surface area contributed by atoms with Crippen molar-refractivity contribution in [2.75, 3.05) is 33.3 Å². The number of piperidine rings is 1. The molecule has 0 bridgehead atoms. The zero-order valence-corrected chi connectivity index (χ0v) is 17.0. The van der Waals surface area contributed by atoms with Crippen molar-refractivity contribution < 1.29 is 14.3 Å². The summed E-state index contributed by atoms with van der Waals surface area (Å²) in [6.07, 6.45) is 7.82. The molecule has 1 spiro atoms. The molecule has 1 atom stereocenters. The van der Waals surface area contributed by atoms with E-state index in [-0.39, 0.29) is 11.3 Å². The quantitative estimate of drug-likeness (QED) is 0.756. The van der Waals surface area contributed by atoms with Gasteiger partial charge in [-0.25, -0.2) is 0 Å². The summed E-state index contributed by atoms with van der Waals surface area (Å²) in [5.41, 5.74) is 0.745. The van der Waals surface area contributed by atoms with Gasteiger partial charge in [0.15, 0.2) is 0 Å². The fourth-order valence-electron chi connectivity index (χ4n) is 5.09. The number of hydrogen-bond acceptors (Lipinski definition) is 3. The lowest BCUT2D eigenvalue weighted by Gasteiger charge is -2.42. The van der Waals surface area contributed by atoms with Crippen molar-refractivity contribution in [2.45, 2.75) is 51.4 Å². The number of likely N-dealkylation sites (tertiary alicyclic amines) is 2. The summed E-state index contributed by atoms with van der Waals surface area (Å²) >= 11 is 0. The molecule has 0 aromatic heterocycles. The number of methoxy groups -OCH3 is 1. The van der Waals surface area contributed by atoms with Gasteiger partial charge in [0.1, 0.15) is 5.75 Å². The average molecular weight is 385 g/mol. The van der Waals surface area contributed by atoms with Crippen LogP contribution in [0.15, 0.2) is 24.3 Å². The van der Waals surface area contributed by atoms with Gasteiger partial charge in [0.25, 0.3) is 0 Å². The van der Waals surface area contributed by atoms with Crippen LogP contribution in [0.1, 0.15) is 50.5 Å². The van der Waals surface area contributed by atoms with E-state index in [0.717, 1.165) is 43.7 Å². The van der Waals surface area contributed by atoms with Crippen LogP contribution in [0, 0.1) is 11.3 Å². The van der Waals surface area contributed by atoms with Crippen LogP contribution in [0.25, 0.3) is 0 Å². The number of para-hydroxylation sites is 1. The van der Waals surface area contributed by atoms with Crippen LogP contribution < -0.4 is 4.74 Å². The zero-order chi connectivity index (χ0) is 19.6. The molecule has 1 aromatic rings. The Bertz CT molecular complexity index is 730. The third-order valence-corrected chi connectivity index (χ3v) is 7.03. The molecule has 2 saturated heterocycles. The first kappa shape index (κ1) is 19.3. The maximum Gasteiger partial charge on any atom is 0.230 e. The van der Waals surface area contributed by atoms with Crippen LogP contribution in [0.3, 0.4) is 0 Å². The monoisotopic (exact) mass is 384 g/mol. The number of nitrogens with zero attached hydrogens (tertiary/aromatic N) is 2. The molecule has 5 heteroatoms. The highest BCUT2D eigenvalue weighted by Crippen LogP contribution is 2.41. The number of benzene rings is 1. The van der Waals surface area contributed by atoms with E-state index in [0.29, 0.717) is 37.8 Å². The Labute approximate surface area is 168 Å². The minimum Gasteiger partial charge on any atom is -0.496 e. The smallest absolute Gasteiger partial charge is 0.230 e. The molecule has 2 heterocycles. The summed E-state index contributed by atoms with van der Waals surface area (Å²) in [6, 6.07) is 7.87. The number of aryl methyl sites for hydroxylation is 1. The highest BCUT2D eigenvalue weighted by molar-refractivity contribution is 5.86. The topological polar surface area (TPSA) is 49.9 Å². The minimum atomic E-state index is -0.317. The molecule has 0 unspecified atom stereocenters. The number of rotatable bonds is 6. The van der Waals surface area contributed by atoms with Crippen molar-refractivity contribution in [3.8, 4) is 5.75 Å². The predicted molar refractivity (Wildman–Crippen MR) is 108 cm³/mol. The van der Waals surface area contributed by atoms with Crippen molar-refractivity contribution >= 4 is 11.8 Å². The Morgan fingerprint density at radius 1 is 1.18 bits per heavy atom. The first-order valence-corrected chi connectivity index (χ1v) is 10.8. The molecule has 3 aliphatic rings. The van der Waals surface area contributed by atoms with E-state index in [2.05, 4.69) is 4.90 Å². The molecular weight excluding hydrogens is 352 g/mol. The molecule has 4 rings (SSSR count). The molecule has 152 valence electrons. The predicted octanol–water partition coefficient (Wildman–Crippen LogP) is 3.27. The lowest BCUT2D eigenvalue weighted by molar-refractivity contribution is -0.147. The molecule has 2 amide bonds. The van der Waals surface area contributed by atoms with Gasteiger partial charge < -0.3 is 14.5 Å². The molecular formula is C23H32N2O3. The van der Waals surface area contributed by atoms with Gasteiger partial charge in [-0.2, -0.15) is 0 Å². The van der Waals surface area contributed by atoms with Gasteiger partial charge in [0, 0.05) is 32.6 Å². The van der Waals surface area contributed by atoms with E-state index >= 15 is 0 Å². The van der Waals surface area contributed by atoms with E-state index in [1.807, 2.05) is 29.2 Å². The highest BCUT2D eigenvalue weighted by Gasteiger charge is 2.49. The molecule has 28 heavy (non-hydrogen) atoms. The second kappa shape index (κ2) is 8.14. The standard InChI is InChI=1S/C23H32N2O3/c1-28-20-9-3-2-8-19(20)10-11-21(26)25-15-13-23(17-25)12-5-14-24(22(23)27)16-18-6-4-7-18/h2-3,8-9,18H,4-7,10-17H2,1H3/t23-/m1/s1. The summed E-state index contributed by atoms with van der Waals surface area (Å²) < 4.78 is 5.39. The summed E-state index contributed by atoms with van der Waals surface area (Å²) in [6.45, 7) is 3.16. The van der Waals surface area contributed by atoms with Gasteiger partial charge in [-0.15, -0.1) is 0 Å². The minimum absolute atomic E-state index is 0.159. The number of amides is 2. The fraction of sp³-hybridized carbons (Fsp3) is 0.652. The summed E-state index contributed by atoms with van der Waals surface area (Å²) in [5, 5.41) is 0. The molecule has 3 fully saturated rings. The average Bonchev–Trinajstić information content (AvgIpc) is 3.11. The Balaban J connectivity index is 1.34. The number of hydrogen-bond donors (Lipinski definition) is 0. The zero-order valence-electron chi connectivity index (χ0n) is 17.0. The summed E-state index contributed by atoms with van der Waals surface area (Å²) in [7, 11) is 1.66. The van der Waals surface area contributed by atoms with Gasteiger partial charge in [-0.3, -0.25) is 9.59 Å². The van der Waals surface area contributed by atoms with Crippen molar-refractivity contribution in [2.24, 2.45) is 11.3 Å². The van der Waals surface area contributed by atoms with Gasteiger partial charge in [-0.05, 0) is 56.1 Å². The van der Waals surface area contributed by atoms with Gasteiger partial charge >= 0.3 is 0 Å². The van der Waals surface area contributed by atoms with E-state index in [4.69, 9.17) is 4.74 Å². The van der Waals surface area contributed by atoms with Crippen LogP contribution in [-0.2, 0) is 16.0 Å². The Kier molecular flexibility index (Phi) is 5.61. The van der Waals surface area contributed by atoms with Gasteiger partial charge in [-0.1, -0.05) is 24.6 Å². The maximum absolute atomic E-state index is 13.2. The summed E-state index contributed by atoms with van der Waals surface area (Å²) in [4.78, 5) is 30.1. The number of ether oxygens (including phenoxy) is 1. The fourth-order valence-corrected chi connectivity index (χ4v) is 5.09. The second-order valence-electron chi connectivity index (χ2n) is 8.81. The first-order chi connectivity index (χ1) is 13.6. The largest absolute Gasteiger partial charge is 0.496 e. The highest BCUT2D eigenvalue weighted by atomic mass is 16.5. The van der Waals surface area contributed by atoms with Crippen LogP contribution in [0.2, 0.25) is 0 Å². The van der Waals surface area contributed by atoms with Crippen molar-refractivity contribution in [3.05, 3.63) is 29.8 Å². The molecule has 1 aliphatic carbocycles. The maximum atomic E-state index is 13.2. The Morgan fingerprint density at radius 3 is 2.75 bits per heavy atom. The molecule has 1 saturated carbocycles. The van der Waals surface area contributed by atoms with Crippen LogP contribution in [-0.4, -0.2) is 54.9 Å². The second-order valence-corrected chi connectivity index (χ2v) is 8.81. The first-order valence-electron chi connectivity index (χ1n) is 10.8. The van der Waals surface area contributed by atoms with Crippen LogP contribution in [0.5, 0.6) is 5.75 Å². The van der Waals surface area contributed by atoms with E-state index < -0.39 is 0 Å². The molecule has 5 nitrogen and oxygen atoms in total. The van der Waals surface area contributed by atoms with Gasteiger partial charge in [0.05, 0.1) is 12.5 Å². The van der Waals surface area contributed by atoms with Crippen LogP contribution >= 0.6 is 0 Å². The van der Waals surface area contributed by atoms with E-state index in [9.17, 15) is 9.59 Å². The summed E-state index contributed by atoms with van der Waals surface area (Å²) in [5.74, 6) is 2.01. The molecule has 2 aliphatic heterocycles. The number of carbonyl (C=O) groups excluding carboxylic acids is 2. The van der Waals surface area contributed by atoms with Crippen LogP contribution in [0.4, 0.5) is 0 Å². The normalized spacial score (nSPS) is 25.2. The van der Waals surface area contributed by atoms with Gasteiger partial charge in [0.2, 0.25) is 11.8 Å². The molecule has 0 N–H and O–H groups in total. The van der Waals surface area contributed by atoms with Crippen molar-refractivity contribution in [3.63, 3.8) is 0 Å². The molecule has 0 radical (unpaired) electrons.